The minimum atomic E-state index is -0.515. The van der Waals surface area contributed by atoms with E-state index in [4.69, 9.17) is 25.3 Å². The number of halogens is 1. The predicted octanol–water partition coefficient (Wildman–Crippen LogP) is 5.35. The standard InChI is InChI=1S/C23H19ClN2O5S/c1-3-14-8-19-17(10-18(14)24)15(9-22(27)30-19)11-29-23(28)16-6-4-5-7-20(16)32-12-21-25-13(2)26-31-21/h4-10H,3,11-12H2,1-2H3. The summed E-state index contributed by atoms with van der Waals surface area (Å²) in [6.45, 7) is 3.61. The Balaban J connectivity index is 1.54. The third kappa shape index (κ3) is 4.87. The molecule has 4 aromatic rings. The molecule has 0 saturated carbocycles. The molecule has 0 saturated heterocycles. The molecule has 0 aliphatic heterocycles. The lowest BCUT2D eigenvalue weighted by atomic mass is 10.1. The van der Waals surface area contributed by atoms with Gasteiger partial charge in [0, 0.05) is 26.9 Å². The fourth-order valence-electron chi connectivity index (χ4n) is 3.20. The first-order valence-electron chi connectivity index (χ1n) is 9.88. The molecule has 0 aliphatic carbocycles. The highest BCUT2D eigenvalue weighted by atomic mass is 35.5. The number of thioether (sulfide) groups is 1. The van der Waals surface area contributed by atoms with Gasteiger partial charge in [0.1, 0.15) is 12.2 Å². The van der Waals surface area contributed by atoms with Crippen LogP contribution in [0.25, 0.3) is 11.0 Å². The van der Waals surface area contributed by atoms with Crippen molar-refractivity contribution in [2.24, 2.45) is 0 Å². The van der Waals surface area contributed by atoms with Crippen LogP contribution in [0.2, 0.25) is 5.02 Å². The second-order valence-corrected chi connectivity index (χ2v) is 8.40. The lowest BCUT2D eigenvalue weighted by Crippen LogP contribution is -2.09. The normalized spacial score (nSPS) is 11.1. The number of ether oxygens (including phenoxy) is 1. The van der Waals surface area contributed by atoms with E-state index < -0.39 is 11.6 Å². The first-order valence-corrected chi connectivity index (χ1v) is 11.2. The molecule has 164 valence electrons. The molecule has 4 rings (SSSR count). The van der Waals surface area contributed by atoms with Crippen LogP contribution in [-0.4, -0.2) is 16.1 Å². The number of aromatic nitrogens is 2. The van der Waals surface area contributed by atoms with Crippen molar-refractivity contribution in [1.82, 2.24) is 10.1 Å². The van der Waals surface area contributed by atoms with E-state index in [9.17, 15) is 9.59 Å². The lowest BCUT2D eigenvalue weighted by Gasteiger charge is -2.11. The van der Waals surface area contributed by atoms with Gasteiger partial charge in [-0.25, -0.2) is 9.59 Å². The van der Waals surface area contributed by atoms with E-state index >= 15 is 0 Å². The molecule has 0 spiro atoms. The fourth-order valence-corrected chi connectivity index (χ4v) is 4.37. The number of nitrogens with zero attached hydrogens (tertiary/aromatic N) is 2. The predicted molar refractivity (Wildman–Crippen MR) is 121 cm³/mol. The summed E-state index contributed by atoms with van der Waals surface area (Å²) in [5, 5.41) is 4.97. The molecule has 0 atom stereocenters. The number of hydrogen-bond acceptors (Lipinski definition) is 8. The Hall–Kier alpha value is -3.10. The molecule has 0 fully saturated rings. The van der Waals surface area contributed by atoms with Crippen molar-refractivity contribution in [3.8, 4) is 0 Å². The molecule has 2 aromatic carbocycles. The maximum atomic E-state index is 12.8. The number of rotatable bonds is 7. The molecule has 0 aliphatic rings. The minimum Gasteiger partial charge on any atom is -0.457 e. The van der Waals surface area contributed by atoms with Crippen molar-refractivity contribution < 1.29 is 18.5 Å². The van der Waals surface area contributed by atoms with Crippen LogP contribution < -0.4 is 5.63 Å². The van der Waals surface area contributed by atoms with Crippen LogP contribution in [-0.2, 0) is 23.5 Å². The molecule has 0 unspecified atom stereocenters. The average Bonchev–Trinajstić information content (AvgIpc) is 3.21. The first kappa shape index (κ1) is 22.1. The molecule has 7 nitrogen and oxygen atoms in total. The Morgan fingerprint density at radius 1 is 1.19 bits per heavy atom. The van der Waals surface area contributed by atoms with Crippen LogP contribution in [0.1, 0.15) is 40.1 Å². The van der Waals surface area contributed by atoms with E-state index in [2.05, 4.69) is 10.1 Å². The van der Waals surface area contributed by atoms with Crippen molar-refractivity contribution in [1.29, 1.82) is 0 Å². The number of hydrogen-bond donors (Lipinski definition) is 0. The summed E-state index contributed by atoms with van der Waals surface area (Å²) in [4.78, 5) is 29.7. The number of esters is 1. The summed E-state index contributed by atoms with van der Waals surface area (Å²) in [5.41, 5.74) is 1.71. The van der Waals surface area contributed by atoms with Gasteiger partial charge < -0.3 is 13.7 Å². The van der Waals surface area contributed by atoms with Gasteiger partial charge in [-0.2, -0.15) is 4.98 Å². The third-order valence-electron chi connectivity index (χ3n) is 4.76. The van der Waals surface area contributed by atoms with Gasteiger partial charge in [0.05, 0.1) is 11.3 Å². The molecule has 0 bridgehead atoms. The average molecular weight is 471 g/mol. The lowest BCUT2D eigenvalue weighted by molar-refractivity contribution is 0.0469. The Labute approximate surface area is 192 Å². The maximum absolute atomic E-state index is 12.8. The van der Waals surface area contributed by atoms with Crippen LogP contribution in [0.4, 0.5) is 0 Å². The topological polar surface area (TPSA) is 95.4 Å². The second kappa shape index (κ2) is 9.58. The fraction of sp³-hybridized carbons (Fsp3) is 0.217. The van der Waals surface area contributed by atoms with E-state index in [0.29, 0.717) is 51.0 Å². The molecule has 32 heavy (non-hydrogen) atoms. The summed E-state index contributed by atoms with van der Waals surface area (Å²) in [7, 11) is 0. The third-order valence-corrected chi connectivity index (χ3v) is 6.17. The van der Waals surface area contributed by atoms with E-state index in [1.54, 1.807) is 31.2 Å². The van der Waals surface area contributed by atoms with Crippen molar-refractivity contribution in [3.05, 3.63) is 86.3 Å². The maximum Gasteiger partial charge on any atom is 0.339 e. The largest absolute Gasteiger partial charge is 0.457 e. The number of carbonyl (C=O) groups excluding carboxylic acids is 1. The van der Waals surface area contributed by atoms with Gasteiger partial charge in [-0.1, -0.05) is 35.8 Å². The van der Waals surface area contributed by atoms with Gasteiger partial charge in [-0.3, -0.25) is 0 Å². The van der Waals surface area contributed by atoms with Crippen LogP contribution in [0.15, 0.2) is 61.1 Å². The van der Waals surface area contributed by atoms with Gasteiger partial charge >= 0.3 is 11.6 Å². The molecule has 9 heteroatoms. The Morgan fingerprint density at radius 3 is 2.75 bits per heavy atom. The molecule has 0 radical (unpaired) electrons. The van der Waals surface area contributed by atoms with Crippen LogP contribution in [0.5, 0.6) is 0 Å². The zero-order chi connectivity index (χ0) is 22.7. The van der Waals surface area contributed by atoms with E-state index in [0.717, 1.165) is 10.5 Å². The van der Waals surface area contributed by atoms with Crippen LogP contribution in [0, 0.1) is 6.92 Å². The second-order valence-electron chi connectivity index (χ2n) is 6.98. The van der Waals surface area contributed by atoms with Crippen molar-refractivity contribution in [3.63, 3.8) is 0 Å². The highest BCUT2D eigenvalue weighted by Crippen LogP contribution is 2.28. The number of carbonyl (C=O) groups is 1. The smallest absolute Gasteiger partial charge is 0.339 e. The van der Waals surface area contributed by atoms with Crippen molar-refractivity contribution in [2.45, 2.75) is 37.5 Å². The summed E-state index contributed by atoms with van der Waals surface area (Å²) < 4.78 is 16.0. The minimum absolute atomic E-state index is 0.0927. The molecule has 2 heterocycles. The molecular formula is C23H19ClN2O5S. The first-order chi connectivity index (χ1) is 15.4. The Kier molecular flexibility index (Phi) is 6.62. The molecular weight excluding hydrogens is 452 g/mol. The van der Waals surface area contributed by atoms with Gasteiger partial charge in [0.25, 0.3) is 0 Å². The van der Waals surface area contributed by atoms with Gasteiger partial charge in [-0.05, 0) is 43.2 Å². The summed E-state index contributed by atoms with van der Waals surface area (Å²) in [5.74, 6) is 0.946. The highest BCUT2D eigenvalue weighted by molar-refractivity contribution is 7.98. The summed E-state index contributed by atoms with van der Waals surface area (Å²) in [6, 6.07) is 11.9. The number of fused-ring (bicyclic) bond motifs is 1. The SMILES string of the molecule is CCc1cc2oc(=O)cc(COC(=O)c3ccccc3SCc3nc(C)no3)c2cc1Cl. The van der Waals surface area contributed by atoms with E-state index in [1.807, 2.05) is 19.1 Å². The van der Waals surface area contributed by atoms with Gasteiger partial charge in [-0.15, -0.1) is 11.8 Å². The highest BCUT2D eigenvalue weighted by Gasteiger charge is 2.16. The van der Waals surface area contributed by atoms with Gasteiger partial charge in [0.15, 0.2) is 5.82 Å². The summed E-state index contributed by atoms with van der Waals surface area (Å²) >= 11 is 7.73. The van der Waals surface area contributed by atoms with E-state index in [-0.39, 0.29) is 6.61 Å². The monoisotopic (exact) mass is 470 g/mol. The Bertz CT molecular complexity index is 1350. The molecule has 2 aromatic heterocycles. The van der Waals surface area contributed by atoms with Crippen molar-refractivity contribution in [2.75, 3.05) is 0 Å². The van der Waals surface area contributed by atoms with Gasteiger partial charge in [0.2, 0.25) is 5.89 Å². The molecule has 0 amide bonds. The van der Waals surface area contributed by atoms with E-state index in [1.165, 1.54) is 17.8 Å². The zero-order valence-corrected chi connectivity index (χ0v) is 19.0. The van der Waals surface area contributed by atoms with Crippen molar-refractivity contribution >= 4 is 40.3 Å². The Morgan fingerprint density at radius 2 is 2.00 bits per heavy atom. The quantitative estimate of drug-likeness (QED) is 0.202. The number of aryl methyl sites for hydroxylation is 2. The van der Waals surface area contributed by atoms with Crippen LogP contribution >= 0.6 is 23.4 Å². The van der Waals surface area contributed by atoms with Crippen LogP contribution in [0.3, 0.4) is 0 Å². The molecule has 0 N–H and O–H groups in total. The zero-order valence-electron chi connectivity index (χ0n) is 17.4. The number of benzene rings is 2. The summed E-state index contributed by atoms with van der Waals surface area (Å²) in [6.07, 6.45) is 0.704.